The molecule has 0 aliphatic rings. The molecule has 2 nitrogen and oxygen atoms in total. The van der Waals surface area contributed by atoms with Gasteiger partial charge in [0.25, 0.3) is 0 Å². The van der Waals surface area contributed by atoms with E-state index in [0.717, 1.165) is 11.1 Å². The maximum Gasteiger partial charge on any atom is 0.310 e. The lowest BCUT2D eigenvalue weighted by molar-refractivity contribution is -0.139. The van der Waals surface area contributed by atoms with E-state index in [1.54, 1.807) is 6.07 Å². The van der Waals surface area contributed by atoms with Gasteiger partial charge in [0.1, 0.15) is 0 Å². The highest BCUT2D eigenvalue weighted by Crippen LogP contribution is 2.22. The van der Waals surface area contributed by atoms with Crippen LogP contribution in [0.1, 0.15) is 29.9 Å². The van der Waals surface area contributed by atoms with Crippen molar-refractivity contribution in [1.82, 2.24) is 0 Å². The first-order valence-electron chi connectivity index (χ1n) is 5.00. The van der Waals surface area contributed by atoms with Crippen LogP contribution in [0.2, 0.25) is 0 Å². The molecule has 1 aromatic carbocycles. The average Bonchev–Trinajstić information content (AvgIpc) is 2.18. The Morgan fingerprint density at radius 3 is 2.80 bits per heavy atom. The van der Waals surface area contributed by atoms with Gasteiger partial charge >= 0.3 is 5.97 Å². The molecular formula is C12H15FO2. The molecule has 82 valence electrons. The summed E-state index contributed by atoms with van der Waals surface area (Å²) in [6.07, 6.45) is 0.653. The number of carboxylic acid groups (broad SMARTS) is 1. The normalized spacial score (nSPS) is 12.4. The van der Waals surface area contributed by atoms with Gasteiger partial charge < -0.3 is 5.11 Å². The summed E-state index contributed by atoms with van der Waals surface area (Å²) < 4.78 is 12.0. The molecule has 1 atom stereocenters. The van der Waals surface area contributed by atoms with Crippen molar-refractivity contribution in [3.05, 3.63) is 35.4 Å². The maximum atomic E-state index is 12.0. The second kappa shape index (κ2) is 5.49. The van der Waals surface area contributed by atoms with E-state index < -0.39 is 18.6 Å². The molecule has 1 rings (SSSR count). The Kier molecular flexibility index (Phi) is 4.28. The Labute approximate surface area is 88.7 Å². The fourth-order valence-electron chi connectivity index (χ4n) is 1.60. The standard InChI is InChI=1S/C12H15FO2/c1-9-4-2-5-10(8-9)11(12(14)15)6-3-7-13/h2,4-5,8,11H,3,6-7H2,1H3,(H,14,15). The molecule has 0 heterocycles. The molecule has 3 heteroatoms. The van der Waals surface area contributed by atoms with Crippen molar-refractivity contribution in [2.45, 2.75) is 25.7 Å². The van der Waals surface area contributed by atoms with Gasteiger partial charge in [-0.1, -0.05) is 29.8 Å². The van der Waals surface area contributed by atoms with Crippen LogP contribution in [0.15, 0.2) is 24.3 Å². The second-order valence-corrected chi connectivity index (χ2v) is 3.64. The van der Waals surface area contributed by atoms with Crippen LogP contribution >= 0.6 is 0 Å². The Morgan fingerprint density at radius 2 is 2.27 bits per heavy atom. The number of alkyl halides is 1. The lowest BCUT2D eigenvalue weighted by Gasteiger charge is -2.12. The number of hydrogen-bond donors (Lipinski definition) is 1. The third-order valence-corrected chi connectivity index (χ3v) is 2.37. The molecule has 0 aliphatic carbocycles. The van der Waals surface area contributed by atoms with Crippen LogP contribution in [-0.4, -0.2) is 17.8 Å². The van der Waals surface area contributed by atoms with E-state index >= 15 is 0 Å². The smallest absolute Gasteiger partial charge is 0.310 e. The Bertz CT molecular complexity index is 336. The van der Waals surface area contributed by atoms with E-state index in [9.17, 15) is 9.18 Å². The van der Waals surface area contributed by atoms with E-state index in [1.807, 2.05) is 25.1 Å². The summed E-state index contributed by atoms with van der Waals surface area (Å²) >= 11 is 0. The third-order valence-electron chi connectivity index (χ3n) is 2.37. The highest BCUT2D eigenvalue weighted by Gasteiger charge is 2.18. The first-order chi connectivity index (χ1) is 7.15. The molecule has 0 saturated carbocycles. The number of aliphatic carboxylic acids is 1. The average molecular weight is 210 g/mol. The summed E-state index contributed by atoms with van der Waals surface area (Å²) in [5, 5.41) is 9.02. The van der Waals surface area contributed by atoms with Crippen molar-refractivity contribution in [2.75, 3.05) is 6.67 Å². The van der Waals surface area contributed by atoms with Crippen LogP contribution in [0.5, 0.6) is 0 Å². The molecule has 0 spiro atoms. The Morgan fingerprint density at radius 1 is 1.53 bits per heavy atom. The first-order valence-corrected chi connectivity index (χ1v) is 5.00. The topological polar surface area (TPSA) is 37.3 Å². The number of halogens is 1. The molecule has 1 unspecified atom stereocenters. The molecule has 0 saturated heterocycles. The number of rotatable bonds is 5. The third kappa shape index (κ3) is 3.35. The van der Waals surface area contributed by atoms with E-state index in [2.05, 4.69) is 0 Å². The SMILES string of the molecule is Cc1cccc(C(CCCF)C(=O)O)c1. The zero-order valence-corrected chi connectivity index (χ0v) is 8.74. The second-order valence-electron chi connectivity index (χ2n) is 3.64. The minimum Gasteiger partial charge on any atom is -0.481 e. The van der Waals surface area contributed by atoms with E-state index in [-0.39, 0.29) is 0 Å². The molecule has 1 N–H and O–H groups in total. The maximum absolute atomic E-state index is 12.0. The lowest BCUT2D eigenvalue weighted by atomic mass is 9.93. The quantitative estimate of drug-likeness (QED) is 0.811. The minimum absolute atomic E-state index is 0.297. The van der Waals surface area contributed by atoms with Crippen LogP contribution < -0.4 is 0 Å². The van der Waals surface area contributed by atoms with Gasteiger partial charge in [-0.2, -0.15) is 0 Å². The van der Waals surface area contributed by atoms with Gasteiger partial charge in [0.05, 0.1) is 12.6 Å². The lowest BCUT2D eigenvalue weighted by Crippen LogP contribution is -2.12. The number of carbonyl (C=O) groups is 1. The number of benzene rings is 1. The van der Waals surface area contributed by atoms with E-state index in [0.29, 0.717) is 12.8 Å². The van der Waals surface area contributed by atoms with Crippen molar-refractivity contribution in [1.29, 1.82) is 0 Å². The minimum atomic E-state index is -0.881. The molecule has 0 aromatic heterocycles. The zero-order chi connectivity index (χ0) is 11.3. The van der Waals surface area contributed by atoms with Gasteiger partial charge in [0.15, 0.2) is 0 Å². The number of aryl methyl sites for hydroxylation is 1. The zero-order valence-electron chi connectivity index (χ0n) is 8.74. The van der Waals surface area contributed by atoms with E-state index in [1.165, 1.54) is 0 Å². The number of hydrogen-bond acceptors (Lipinski definition) is 1. The highest BCUT2D eigenvalue weighted by atomic mass is 19.1. The molecule has 0 amide bonds. The number of carboxylic acids is 1. The monoisotopic (exact) mass is 210 g/mol. The van der Waals surface area contributed by atoms with Crippen molar-refractivity contribution in [3.8, 4) is 0 Å². The van der Waals surface area contributed by atoms with Crippen molar-refractivity contribution < 1.29 is 14.3 Å². The van der Waals surface area contributed by atoms with Gasteiger partial charge in [0.2, 0.25) is 0 Å². The molecule has 0 bridgehead atoms. The van der Waals surface area contributed by atoms with Crippen LogP contribution in [0.4, 0.5) is 4.39 Å². The van der Waals surface area contributed by atoms with Crippen molar-refractivity contribution in [2.24, 2.45) is 0 Å². The molecule has 0 radical (unpaired) electrons. The van der Waals surface area contributed by atoms with Crippen LogP contribution in [0.25, 0.3) is 0 Å². The molecule has 1 aromatic rings. The Balaban J connectivity index is 2.84. The van der Waals surface area contributed by atoms with Gasteiger partial charge in [-0.3, -0.25) is 9.18 Å². The van der Waals surface area contributed by atoms with Gasteiger partial charge in [-0.25, -0.2) is 0 Å². The van der Waals surface area contributed by atoms with Crippen LogP contribution in [-0.2, 0) is 4.79 Å². The largest absolute Gasteiger partial charge is 0.481 e. The molecule has 0 fully saturated rings. The summed E-state index contributed by atoms with van der Waals surface area (Å²) in [5.74, 6) is -1.46. The molecular weight excluding hydrogens is 195 g/mol. The van der Waals surface area contributed by atoms with Crippen LogP contribution in [0, 0.1) is 6.92 Å². The summed E-state index contributed by atoms with van der Waals surface area (Å²) in [6.45, 7) is 1.45. The predicted molar refractivity (Wildman–Crippen MR) is 56.8 cm³/mol. The van der Waals surface area contributed by atoms with E-state index in [4.69, 9.17) is 5.11 Å². The molecule has 15 heavy (non-hydrogen) atoms. The fraction of sp³-hybridized carbons (Fsp3) is 0.417. The van der Waals surface area contributed by atoms with Gasteiger partial charge in [-0.15, -0.1) is 0 Å². The van der Waals surface area contributed by atoms with Gasteiger partial charge in [0, 0.05) is 0 Å². The first kappa shape index (κ1) is 11.7. The predicted octanol–water partition coefficient (Wildman–Crippen LogP) is 2.91. The molecule has 0 aliphatic heterocycles. The summed E-state index contributed by atoms with van der Waals surface area (Å²) in [5.41, 5.74) is 1.79. The highest BCUT2D eigenvalue weighted by molar-refractivity contribution is 5.76. The van der Waals surface area contributed by atoms with Crippen molar-refractivity contribution in [3.63, 3.8) is 0 Å². The van der Waals surface area contributed by atoms with Gasteiger partial charge in [-0.05, 0) is 25.3 Å². The summed E-state index contributed by atoms with van der Waals surface area (Å²) in [6, 6.07) is 7.37. The van der Waals surface area contributed by atoms with Crippen molar-refractivity contribution >= 4 is 5.97 Å². The van der Waals surface area contributed by atoms with Crippen LogP contribution in [0.3, 0.4) is 0 Å². The summed E-state index contributed by atoms with van der Waals surface area (Å²) in [4.78, 5) is 11.0. The Hall–Kier alpha value is -1.38. The summed E-state index contributed by atoms with van der Waals surface area (Å²) in [7, 11) is 0. The fourth-order valence-corrected chi connectivity index (χ4v) is 1.60.